The molecule has 10 heteroatoms. The van der Waals surface area contributed by atoms with Crippen LogP contribution in [0.2, 0.25) is 0 Å². The molecule has 112 valence electrons. The Morgan fingerprint density at radius 3 is 2.05 bits per heavy atom. The van der Waals surface area contributed by atoms with Gasteiger partial charge < -0.3 is 14.9 Å². The van der Waals surface area contributed by atoms with Gasteiger partial charge >= 0.3 is 18.5 Å². The molecule has 0 aromatic heterocycles. The smallest absolute Gasteiger partial charge is 0.479 e. The molecular weight excluding hydrogens is 298 g/mol. The van der Waals surface area contributed by atoms with Crippen molar-refractivity contribution in [2.45, 2.75) is 18.6 Å². The average molecular weight is 304 g/mol. The highest BCUT2D eigenvalue weighted by molar-refractivity contribution is 5.74. The van der Waals surface area contributed by atoms with Crippen molar-refractivity contribution in [2.24, 2.45) is 0 Å². The van der Waals surface area contributed by atoms with Crippen molar-refractivity contribution < 1.29 is 46.1 Å². The largest absolute Gasteiger partial charge is 0.573 e. The first-order valence-electron chi connectivity index (χ1n) is 4.79. The van der Waals surface area contributed by atoms with Crippen molar-refractivity contribution in [3.05, 3.63) is 29.3 Å². The second kappa shape index (κ2) is 5.19. The van der Waals surface area contributed by atoms with Crippen LogP contribution in [-0.4, -0.2) is 22.5 Å². The monoisotopic (exact) mass is 304 g/mol. The Kier molecular flexibility index (Phi) is 4.18. The first-order valence-corrected chi connectivity index (χ1v) is 4.79. The summed E-state index contributed by atoms with van der Waals surface area (Å²) in [7, 11) is 0. The van der Waals surface area contributed by atoms with Gasteiger partial charge in [0.15, 0.2) is 6.10 Å². The lowest BCUT2D eigenvalue weighted by molar-refractivity contribution is -0.274. The van der Waals surface area contributed by atoms with Crippen LogP contribution in [0.4, 0.5) is 26.3 Å². The normalized spacial score (nSPS) is 13.9. The van der Waals surface area contributed by atoms with E-state index >= 15 is 0 Å². The van der Waals surface area contributed by atoms with Crippen molar-refractivity contribution in [2.75, 3.05) is 0 Å². The van der Waals surface area contributed by atoms with E-state index in [0.717, 1.165) is 0 Å². The summed E-state index contributed by atoms with van der Waals surface area (Å²) < 4.78 is 76.7. The van der Waals surface area contributed by atoms with Crippen molar-refractivity contribution in [3.63, 3.8) is 0 Å². The Balaban J connectivity index is 3.32. The summed E-state index contributed by atoms with van der Waals surface area (Å²) in [5.74, 6) is -3.19. The topological polar surface area (TPSA) is 66.8 Å². The molecular formula is C10H6F6O4. The number of carbonyl (C=O) groups is 1. The Morgan fingerprint density at radius 2 is 1.65 bits per heavy atom. The van der Waals surface area contributed by atoms with Crippen LogP contribution in [0.25, 0.3) is 0 Å². The van der Waals surface area contributed by atoms with E-state index in [2.05, 4.69) is 4.74 Å². The summed E-state index contributed by atoms with van der Waals surface area (Å²) >= 11 is 0. The maximum absolute atomic E-state index is 12.5. The molecule has 0 radical (unpaired) electrons. The summed E-state index contributed by atoms with van der Waals surface area (Å²) in [5.41, 5.74) is -2.46. The molecule has 1 atom stereocenters. The van der Waals surface area contributed by atoms with E-state index in [0.29, 0.717) is 6.07 Å². The molecule has 0 saturated heterocycles. The molecule has 0 heterocycles. The third-order valence-electron chi connectivity index (χ3n) is 2.04. The van der Waals surface area contributed by atoms with Crippen molar-refractivity contribution in [1.29, 1.82) is 0 Å². The number of aliphatic hydroxyl groups excluding tert-OH is 1. The van der Waals surface area contributed by atoms with Gasteiger partial charge in [-0.25, -0.2) is 4.79 Å². The minimum atomic E-state index is -5.25. The lowest BCUT2D eigenvalue weighted by atomic mass is 10.0. The molecule has 0 aliphatic rings. The third kappa shape index (κ3) is 4.30. The van der Waals surface area contributed by atoms with Gasteiger partial charge in [0.2, 0.25) is 0 Å². The Morgan fingerprint density at radius 1 is 1.10 bits per heavy atom. The fraction of sp³-hybridized carbons (Fsp3) is 0.300. The summed E-state index contributed by atoms with van der Waals surface area (Å²) in [6.07, 6.45) is -12.7. The lowest BCUT2D eigenvalue weighted by Gasteiger charge is -2.15. The van der Waals surface area contributed by atoms with Crippen molar-refractivity contribution in [3.8, 4) is 5.75 Å². The number of ether oxygens (including phenoxy) is 1. The van der Waals surface area contributed by atoms with E-state index in [9.17, 15) is 31.1 Å². The average Bonchev–Trinajstić information content (AvgIpc) is 2.23. The summed E-state index contributed by atoms with van der Waals surface area (Å²) in [5, 5.41) is 17.6. The highest BCUT2D eigenvalue weighted by Crippen LogP contribution is 2.35. The highest BCUT2D eigenvalue weighted by Gasteiger charge is 2.36. The minimum absolute atomic E-state index is 0.0472. The first kappa shape index (κ1) is 16.1. The van der Waals surface area contributed by atoms with E-state index < -0.39 is 41.5 Å². The molecule has 0 bridgehead atoms. The fourth-order valence-electron chi connectivity index (χ4n) is 1.28. The standard InChI is InChI=1S/C10H6F6O4/c11-9(12,13)5-1-4(7(17)8(18)19)2-6(3-5)20-10(14,15)16/h1-3,7,17H,(H,18,19). The maximum Gasteiger partial charge on any atom is 0.573 e. The Bertz CT molecular complexity index is 507. The molecule has 0 aliphatic heterocycles. The molecule has 0 spiro atoms. The summed E-state index contributed by atoms with van der Waals surface area (Å²) in [6, 6.07) is 0.634. The Labute approximate surface area is 107 Å². The molecule has 0 aliphatic carbocycles. The maximum atomic E-state index is 12.5. The summed E-state index contributed by atoms with van der Waals surface area (Å²) in [4.78, 5) is 10.5. The van der Waals surface area contributed by atoms with Crippen LogP contribution in [0.1, 0.15) is 17.2 Å². The zero-order valence-corrected chi connectivity index (χ0v) is 9.29. The van der Waals surface area contributed by atoms with Crippen LogP contribution in [0.3, 0.4) is 0 Å². The molecule has 1 rings (SSSR count). The van der Waals surface area contributed by atoms with Gasteiger partial charge in [0, 0.05) is 0 Å². The highest BCUT2D eigenvalue weighted by atomic mass is 19.4. The van der Waals surface area contributed by atoms with Gasteiger partial charge in [-0.1, -0.05) is 0 Å². The molecule has 1 aromatic carbocycles. The molecule has 4 nitrogen and oxygen atoms in total. The SMILES string of the molecule is O=C(O)C(O)c1cc(OC(F)(F)F)cc(C(F)(F)F)c1. The van der Waals surface area contributed by atoms with Gasteiger partial charge in [-0.2, -0.15) is 13.2 Å². The van der Waals surface area contributed by atoms with Gasteiger partial charge in [-0.3, -0.25) is 0 Å². The number of rotatable bonds is 3. The number of hydrogen-bond acceptors (Lipinski definition) is 3. The molecule has 0 amide bonds. The fourth-order valence-corrected chi connectivity index (χ4v) is 1.28. The number of benzene rings is 1. The predicted molar refractivity (Wildman–Crippen MR) is 50.7 cm³/mol. The van der Waals surface area contributed by atoms with E-state index in [4.69, 9.17) is 10.2 Å². The number of carboxylic acid groups (broad SMARTS) is 1. The molecule has 2 N–H and O–H groups in total. The quantitative estimate of drug-likeness (QED) is 0.843. The second-order valence-corrected chi connectivity index (χ2v) is 3.58. The second-order valence-electron chi connectivity index (χ2n) is 3.58. The minimum Gasteiger partial charge on any atom is -0.479 e. The number of hydrogen-bond donors (Lipinski definition) is 2. The van der Waals surface area contributed by atoms with Gasteiger partial charge in [-0.05, 0) is 23.8 Å². The number of aliphatic carboxylic acids is 1. The van der Waals surface area contributed by atoms with E-state index in [1.54, 1.807) is 0 Å². The Hall–Kier alpha value is -1.97. The summed E-state index contributed by atoms with van der Waals surface area (Å²) in [6.45, 7) is 0. The van der Waals surface area contributed by atoms with E-state index in [-0.39, 0.29) is 12.1 Å². The van der Waals surface area contributed by atoms with E-state index in [1.165, 1.54) is 0 Å². The van der Waals surface area contributed by atoms with Crippen LogP contribution in [0.15, 0.2) is 18.2 Å². The predicted octanol–water partition coefficient (Wildman–Crippen LogP) is 2.72. The van der Waals surface area contributed by atoms with Gasteiger partial charge in [0.1, 0.15) is 5.75 Å². The zero-order valence-electron chi connectivity index (χ0n) is 9.29. The number of alkyl halides is 6. The van der Waals surface area contributed by atoms with Gasteiger partial charge in [0.25, 0.3) is 0 Å². The lowest BCUT2D eigenvalue weighted by Crippen LogP contribution is -2.19. The van der Waals surface area contributed by atoms with Crippen LogP contribution < -0.4 is 4.74 Å². The number of halogens is 6. The molecule has 0 saturated carbocycles. The molecule has 0 fully saturated rings. The molecule has 1 aromatic rings. The third-order valence-corrected chi connectivity index (χ3v) is 2.04. The van der Waals surface area contributed by atoms with Crippen LogP contribution in [0, 0.1) is 0 Å². The van der Waals surface area contributed by atoms with E-state index in [1.807, 2.05) is 0 Å². The van der Waals surface area contributed by atoms with Gasteiger partial charge in [-0.15, -0.1) is 13.2 Å². The van der Waals surface area contributed by atoms with Crippen molar-refractivity contribution >= 4 is 5.97 Å². The molecule has 20 heavy (non-hydrogen) atoms. The van der Waals surface area contributed by atoms with Crippen LogP contribution >= 0.6 is 0 Å². The molecule has 1 unspecified atom stereocenters. The number of carboxylic acids is 1. The van der Waals surface area contributed by atoms with Gasteiger partial charge in [0.05, 0.1) is 5.56 Å². The van der Waals surface area contributed by atoms with Crippen molar-refractivity contribution in [1.82, 2.24) is 0 Å². The van der Waals surface area contributed by atoms with Crippen LogP contribution in [0.5, 0.6) is 5.75 Å². The van der Waals surface area contributed by atoms with Crippen LogP contribution in [-0.2, 0) is 11.0 Å². The first-order chi connectivity index (χ1) is 8.90. The zero-order chi connectivity index (χ0) is 15.7. The number of aliphatic hydroxyl groups is 1.